The quantitative estimate of drug-likeness (QED) is 0.808. The second-order valence-electron chi connectivity index (χ2n) is 5.12. The Balaban J connectivity index is 1.73. The summed E-state index contributed by atoms with van der Waals surface area (Å²) in [6, 6.07) is 14.4. The average molecular weight is 284 g/mol. The van der Waals surface area contributed by atoms with Gasteiger partial charge in [0, 0.05) is 31.9 Å². The Morgan fingerprint density at radius 1 is 0.905 bits per heavy atom. The number of carbonyl (C=O) groups is 2. The number of hydrogen-bond acceptors (Lipinski definition) is 3. The minimum absolute atomic E-state index is 0.442. The molecular weight excluding hydrogens is 268 g/mol. The predicted octanol–water partition coefficient (Wildman–Crippen LogP) is 1.57. The van der Waals surface area contributed by atoms with Gasteiger partial charge in [-0.3, -0.25) is 4.79 Å². The SMILES string of the molecule is O=C(O)C(=O)N1CCN(c2ccc3ccccc3c2)CC1. The molecule has 5 nitrogen and oxygen atoms in total. The van der Waals surface area contributed by atoms with E-state index in [1.807, 2.05) is 12.1 Å². The van der Waals surface area contributed by atoms with Crippen molar-refractivity contribution in [3.8, 4) is 0 Å². The summed E-state index contributed by atoms with van der Waals surface area (Å²) in [7, 11) is 0. The van der Waals surface area contributed by atoms with Crippen LogP contribution in [0.25, 0.3) is 10.8 Å². The smallest absolute Gasteiger partial charge is 0.394 e. The molecule has 1 N–H and O–H groups in total. The predicted molar refractivity (Wildman–Crippen MR) is 80.4 cm³/mol. The molecule has 0 aromatic heterocycles. The zero-order valence-electron chi connectivity index (χ0n) is 11.5. The standard InChI is InChI=1S/C16H16N2O3/c19-15(16(20)21)18-9-7-17(8-10-18)14-6-5-12-3-1-2-4-13(12)11-14/h1-6,11H,7-10H2,(H,20,21). The maximum Gasteiger partial charge on any atom is 0.394 e. The summed E-state index contributed by atoms with van der Waals surface area (Å²) in [5.74, 6) is -2.19. The topological polar surface area (TPSA) is 60.9 Å². The van der Waals surface area contributed by atoms with Crippen molar-refractivity contribution in [1.82, 2.24) is 4.90 Å². The number of benzene rings is 2. The fraction of sp³-hybridized carbons (Fsp3) is 0.250. The summed E-state index contributed by atoms with van der Waals surface area (Å²) in [6.07, 6.45) is 0. The van der Waals surface area contributed by atoms with Gasteiger partial charge in [-0.1, -0.05) is 30.3 Å². The summed E-state index contributed by atoms with van der Waals surface area (Å²) in [6.45, 7) is 2.19. The number of piperazine rings is 1. The van der Waals surface area contributed by atoms with Crippen molar-refractivity contribution < 1.29 is 14.7 Å². The van der Waals surface area contributed by atoms with Crippen LogP contribution in [0.15, 0.2) is 42.5 Å². The van der Waals surface area contributed by atoms with Crippen molar-refractivity contribution in [2.45, 2.75) is 0 Å². The normalized spacial score (nSPS) is 15.2. The highest BCUT2D eigenvalue weighted by Crippen LogP contribution is 2.23. The van der Waals surface area contributed by atoms with E-state index >= 15 is 0 Å². The molecule has 0 saturated carbocycles. The molecule has 21 heavy (non-hydrogen) atoms. The Morgan fingerprint density at radius 2 is 1.57 bits per heavy atom. The largest absolute Gasteiger partial charge is 0.474 e. The average Bonchev–Trinajstić information content (AvgIpc) is 2.54. The molecule has 0 radical (unpaired) electrons. The number of carboxylic acid groups (broad SMARTS) is 1. The third-order valence-corrected chi connectivity index (χ3v) is 3.85. The van der Waals surface area contributed by atoms with Crippen LogP contribution in [0.1, 0.15) is 0 Å². The van der Waals surface area contributed by atoms with Crippen molar-refractivity contribution in [3.63, 3.8) is 0 Å². The number of hydrogen-bond donors (Lipinski definition) is 1. The third kappa shape index (κ3) is 2.67. The molecule has 1 fully saturated rings. The van der Waals surface area contributed by atoms with Gasteiger partial charge in [0.1, 0.15) is 0 Å². The van der Waals surface area contributed by atoms with E-state index in [9.17, 15) is 9.59 Å². The highest BCUT2D eigenvalue weighted by atomic mass is 16.4. The first kappa shape index (κ1) is 13.4. The van der Waals surface area contributed by atoms with Gasteiger partial charge in [-0.25, -0.2) is 4.79 Å². The van der Waals surface area contributed by atoms with Crippen molar-refractivity contribution in [2.24, 2.45) is 0 Å². The Labute approximate surface area is 122 Å². The first-order chi connectivity index (χ1) is 10.1. The van der Waals surface area contributed by atoms with Crippen LogP contribution in [0, 0.1) is 0 Å². The van der Waals surface area contributed by atoms with Crippen molar-refractivity contribution in [3.05, 3.63) is 42.5 Å². The van der Waals surface area contributed by atoms with E-state index in [0.29, 0.717) is 26.2 Å². The number of carboxylic acids is 1. The maximum atomic E-state index is 11.4. The van der Waals surface area contributed by atoms with Gasteiger partial charge in [0.25, 0.3) is 0 Å². The molecule has 1 heterocycles. The van der Waals surface area contributed by atoms with Gasteiger partial charge in [-0.15, -0.1) is 0 Å². The lowest BCUT2D eigenvalue weighted by atomic mass is 10.1. The highest BCUT2D eigenvalue weighted by molar-refractivity contribution is 6.31. The van der Waals surface area contributed by atoms with E-state index in [2.05, 4.69) is 35.2 Å². The molecule has 5 heteroatoms. The van der Waals surface area contributed by atoms with E-state index in [1.165, 1.54) is 15.7 Å². The summed E-state index contributed by atoms with van der Waals surface area (Å²) in [5, 5.41) is 11.1. The monoisotopic (exact) mass is 284 g/mol. The fourth-order valence-corrected chi connectivity index (χ4v) is 2.68. The highest BCUT2D eigenvalue weighted by Gasteiger charge is 2.25. The lowest BCUT2D eigenvalue weighted by Crippen LogP contribution is -2.50. The van der Waals surface area contributed by atoms with Gasteiger partial charge in [-0.05, 0) is 22.9 Å². The van der Waals surface area contributed by atoms with E-state index in [0.717, 1.165) is 5.69 Å². The molecule has 1 saturated heterocycles. The van der Waals surface area contributed by atoms with Gasteiger partial charge >= 0.3 is 11.9 Å². The maximum absolute atomic E-state index is 11.4. The molecule has 0 aliphatic carbocycles. The summed E-state index contributed by atoms with van der Waals surface area (Å²) in [5.41, 5.74) is 1.11. The van der Waals surface area contributed by atoms with Crippen LogP contribution in [0.4, 0.5) is 5.69 Å². The van der Waals surface area contributed by atoms with Gasteiger partial charge in [0.05, 0.1) is 0 Å². The van der Waals surface area contributed by atoms with E-state index in [1.54, 1.807) is 0 Å². The number of carbonyl (C=O) groups excluding carboxylic acids is 1. The molecule has 1 aliphatic rings. The van der Waals surface area contributed by atoms with Crippen LogP contribution in [0.3, 0.4) is 0 Å². The first-order valence-electron chi connectivity index (χ1n) is 6.91. The van der Waals surface area contributed by atoms with Gasteiger partial charge in [0.15, 0.2) is 0 Å². The third-order valence-electron chi connectivity index (χ3n) is 3.85. The molecule has 3 rings (SSSR count). The molecule has 1 amide bonds. The summed E-state index contributed by atoms with van der Waals surface area (Å²) < 4.78 is 0. The van der Waals surface area contributed by atoms with Crippen LogP contribution < -0.4 is 4.90 Å². The first-order valence-corrected chi connectivity index (χ1v) is 6.91. The van der Waals surface area contributed by atoms with Crippen molar-refractivity contribution >= 4 is 28.3 Å². The molecule has 0 spiro atoms. The molecule has 0 bridgehead atoms. The Morgan fingerprint density at radius 3 is 2.24 bits per heavy atom. The van der Waals surface area contributed by atoms with Crippen molar-refractivity contribution in [1.29, 1.82) is 0 Å². The Kier molecular flexibility index (Phi) is 3.48. The van der Waals surface area contributed by atoms with E-state index in [-0.39, 0.29) is 0 Å². The number of aliphatic carboxylic acids is 1. The summed E-state index contributed by atoms with van der Waals surface area (Å²) >= 11 is 0. The molecule has 0 atom stereocenters. The minimum Gasteiger partial charge on any atom is -0.474 e. The number of rotatable bonds is 1. The Bertz CT molecular complexity index is 691. The van der Waals surface area contributed by atoms with E-state index < -0.39 is 11.9 Å². The van der Waals surface area contributed by atoms with Crippen LogP contribution in [-0.4, -0.2) is 48.1 Å². The van der Waals surface area contributed by atoms with Gasteiger partial charge < -0.3 is 14.9 Å². The number of anilines is 1. The van der Waals surface area contributed by atoms with Crippen LogP contribution in [0.2, 0.25) is 0 Å². The zero-order chi connectivity index (χ0) is 14.8. The molecule has 2 aromatic carbocycles. The molecule has 1 aliphatic heterocycles. The molecule has 2 aromatic rings. The second-order valence-corrected chi connectivity index (χ2v) is 5.12. The van der Waals surface area contributed by atoms with Crippen LogP contribution in [0.5, 0.6) is 0 Å². The van der Waals surface area contributed by atoms with Crippen LogP contribution >= 0.6 is 0 Å². The Hall–Kier alpha value is -2.56. The van der Waals surface area contributed by atoms with Crippen LogP contribution in [-0.2, 0) is 9.59 Å². The van der Waals surface area contributed by atoms with Gasteiger partial charge in [0.2, 0.25) is 0 Å². The lowest BCUT2D eigenvalue weighted by Gasteiger charge is -2.35. The zero-order valence-corrected chi connectivity index (χ0v) is 11.5. The molecule has 0 unspecified atom stereocenters. The number of amides is 1. The molecular formula is C16H16N2O3. The minimum atomic E-state index is -1.38. The lowest BCUT2D eigenvalue weighted by molar-refractivity contribution is -0.156. The fourth-order valence-electron chi connectivity index (χ4n) is 2.68. The summed E-state index contributed by atoms with van der Waals surface area (Å²) in [4.78, 5) is 25.7. The van der Waals surface area contributed by atoms with Gasteiger partial charge in [-0.2, -0.15) is 0 Å². The van der Waals surface area contributed by atoms with Crippen molar-refractivity contribution in [2.75, 3.05) is 31.1 Å². The van der Waals surface area contributed by atoms with E-state index in [4.69, 9.17) is 5.11 Å². The molecule has 108 valence electrons. The number of fused-ring (bicyclic) bond motifs is 1. The second kappa shape index (κ2) is 5.44. The number of nitrogens with zero attached hydrogens (tertiary/aromatic N) is 2.